The highest BCUT2D eigenvalue weighted by molar-refractivity contribution is 5.50. The SMILES string of the molecule is CCOc1ccc(C=CCN(C)Cc2ccc3c(c2)OCCO3)cc1. The van der Waals surface area contributed by atoms with E-state index >= 15 is 0 Å². The average Bonchev–Trinajstić information content (AvgIpc) is 2.63. The highest BCUT2D eigenvalue weighted by Crippen LogP contribution is 2.31. The van der Waals surface area contributed by atoms with Gasteiger partial charge in [0.1, 0.15) is 19.0 Å². The first kappa shape index (κ1) is 17.4. The molecule has 1 aliphatic heterocycles. The minimum atomic E-state index is 0.622. The van der Waals surface area contributed by atoms with Crippen molar-refractivity contribution < 1.29 is 14.2 Å². The van der Waals surface area contributed by atoms with Gasteiger partial charge in [0.2, 0.25) is 0 Å². The molecular weight excluding hydrogens is 314 g/mol. The molecule has 2 aromatic carbocycles. The number of ether oxygens (including phenoxy) is 3. The maximum absolute atomic E-state index is 5.64. The monoisotopic (exact) mass is 339 g/mol. The third kappa shape index (κ3) is 5.00. The number of rotatable bonds is 7. The van der Waals surface area contributed by atoms with E-state index in [4.69, 9.17) is 14.2 Å². The van der Waals surface area contributed by atoms with Crippen LogP contribution in [0, 0.1) is 0 Å². The van der Waals surface area contributed by atoms with Gasteiger partial charge in [-0.15, -0.1) is 0 Å². The van der Waals surface area contributed by atoms with Gasteiger partial charge in [0.15, 0.2) is 11.5 Å². The van der Waals surface area contributed by atoms with E-state index in [9.17, 15) is 0 Å². The molecule has 0 saturated carbocycles. The molecule has 0 saturated heterocycles. The van der Waals surface area contributed by atoms with Crippen LogP contribution in [0.1, 0.15) is 18.1 Å². The largest absolute Gasteiger partial charge is 0.494 e. The second-order valence-electron chi connectivity index (χ2n) is 6.08. The summed E-state index contributed by atoms with van der Waals surface area (Å²) < 4.78 is 16.7. The van der Waals surface area contributed by atoms with Crippen LogP contribution in [0.15, 0.2) is 48.5 Å². The Morgan fingerprint density at radius 3 is 2.56 bits per heavy atom. The molecule has 0 aliphatic carbocycles. The smallest absolute Gasteiger partial charge is 0.161 e. The molecule has 4 nitrogen and oxygen atoms in total. The molecule has 0 bridgehead atoms. The van der Waals surface area contributed by atoms with Crippen LogP contribution in [0.2, 0.25) is 0 Å². The molecule has 0 aromatic heterocycles. The van der Waals surface area contributed by atoms with Crippen molar-refractivity contribution in [3.63, 3.8) is 0 Å². The van der Waals surface area contributed by atoms with E-state index in [1.807, 2.05) is 25.1 Å². The molecule has 3 rings (SSSR count). The summed E-state index contributed by atoms with van der Waals surface area (Å²) in [5.74, 6) is 2.60. The lowest BCUT2D eigenvalue weighted by Crippen LogP contribution is -2.19. The molecular formula is C21H25NO3. The summed E-state index contributed by atoms with van der Waals surface area (Å²) in [6, 6.07) is 14.3. The average molecular weight is 339 g/mol. The first-order chi connectivity index (χ1) is 12.2. The predicted molar refractivity (Wildman–Crippen MR) is 100 cm³/mol. The van der Waals surface area contributed by atoms with Crippen molar-refractivity contribution >= 4 is 6.08 Å². The van der Waals surface area contributed by atoms with Gasteiger partial charge >= 0.3 is 0 Å². The van der Waals surface area contributed by atoms with Crippen molar-refractivity contribution in [3.8, 4) is 17.2 Å². The van der Waals surface area contributed by atoms with E-state index in [0.717, 1.165) is 30.3 Å². The van der Waals surface area contributed by atoms with Gasteiger partial charge in [-0.1, -0.05) is 30.4 Å². The van der Waals surface area contributed by atoms with Crippen LogP contribution < -0.4 is 14.2 Å². The maximum Gasteiger partial charge on any atom is 0.161 e. The van der Waals surface area contributed by atoms with Crippen molar-refractivity contribution in [2.24, 2.45) is 0 Å². The minimum absolute atomic E-state index is 0.622. The molecule has 0 amide bonds. The Kier molecular flexibility index (Phi) is 5.96. The Morgan fingerprint density at radius 1 is 1.04 bits per heavy atom. The standard InChI is InChI=1S/C21H25NO3/c1-3-23-19-9-6-17(7-10-19)5-4-12-22(2)16-18-8-11-20-21(15-18)25-14-13-24-20/h4-11,15H,3,12-14,16H2,1-2H3. The van der Waals surface area contributed by atoms with Gasteiger partial charge < -0.3 is 14.2 Å². The van der Waals surface area contributed by atoms with Crippen LogP contribution in [0.25, 0.3) is 6.08 Å². The number of likely N-dealkylation sites (N-methyl/N-ethyl adjacent to an activating group) is 1. The summed E-state index contributed by atoms with van der Waals surface area (Å²) in [5.41, 5.74) is 2.40. The zero-order chi connectivity index (χ0) is 17.5. The summed E-state index contributed by atoms with van der Waals surface area (Å²) in [6.45, 7) is 5.68. The van der Waals surface area contributed by atoms with Crippen molar-refractivity contribution in [2.45, 2.75) is 13.5 Å². The van der Waals surface area contributed by atoms with Crippen molar-refractivity contribution in [3.05, 3.63) is 59.7 Å². The fraction of sp³-hybridized carbons (Fsp3) is 0.333. The number of hydrogen-bond donors (Lipinski definition) is 0. The van der Waals surface area contributed by atoms with Gasteiger partial charge in [-0.2, -0.15) is 0 Å². The van der Waals surface area contributed by atoms with E-state index in [2.05, 4.69) is 48.4 Å². The summed E-state index contributed by atoms with van der Waals surface area (Å²) in [6.07, 6.45) is 4.31. The van der Waals surface area contributed by atoms with Gasteiger partial charge in [0.05, 0.1) is 6.61 Å². The van der Waals surface area contributed by atoms with Gasteiger partial charge in [-0.05, 0) is 49.4 Å². The number of nitrogens with zero attached hydrogens (tertiary/aromatic N) is 1. The predicted octanol–water partition coefficient (Wildman–Crippen LogP) is 4.00. The van der Waals surface area contributed by atoms with Crippen LogP contribution in [0.4, 0.5) is 0 Å². The molecule has 1 heterocycles. The minimum Gasteiger partial charge on any atom is -0.494 e. The van der Waals surface area contributed by atoms with Crippen molar-refractivity contribution in [1.29, 1.82) is 0 Å². The van der Waals surface area contributed by atoms with Crippen molar-refractivity contribution in [1.82, 2.24) is 4.90 Å². The second kappa shape index (κ2) is 8.58. The number of hydrogen-bond acceptors (Lipinski definition) is 4. The summed E-state index contributed by atoms with van der Waals surface area (Å²) in [4.78, 5) is 2.26. The molecule has 2 aromatic rings. The molecule has 1 aliphatic rings. The van der Waals surface area contributed by atoms with E-state index < -0.39 is 0 Å². The Hall–Kier alpha value is -2.46. The molecule has 0 spiro atoms. The Bertz CT molecular complexity index is 710. The molecule has 25 heavy (non-hydrogen) atoms. The molecule has 0 N–H and O–H groups in total. The lowest BCUT2D eigenvalue weighted by molar-refractivity contribution is 0.171. The van der Waals surface area contributed by atoms with Crippen LogP contribution in [-0.4, -0.2) is 38.3 Å². The summed E-state index contributed by atoms with van der Waals surface area (Å²) >= 11 is 0. The first-order valence-corrected chi connectivity index (χ1v) is 8.71. The van der Waals surface area contributed by atoms with Crippen LogP contribution >= 0.6 is 0 Å². The Morgan fingerprint density at radius 2 is 1.80 bits per heavy atom. The van der Waals surface area contributed by atoms with E-state index in [0.29, 0.717) is 19.8 Å². The first-order valence-electron chi connectivity index (χ1n) is 8.71. The number of fused-ring (bicyclic) bond motifs is 1. The zero-order valence-corrected chi connectivity index (χ0v) is 14.9. The molecule has 132 valence electrons. The normalized spacial score (nSPS) is 13.4. The molecule has 0 fully saturated rings. The van der Waals surface area contributed by atoms with Gasteiger partial charge in [-0.3, -0.25) is 4.90 Å². The number of benzene rings is 2. The van der Waals surface area contributed by atoms with Crippen LogP contribution in [0.5, 0.6) is 17.2 Å². The highest BCUT2D eigenvalue weighted by atomic mass is 16.6. The molecule has 0 radical (unpaired) electrons. The van der Waals surface area contributed by atoms with Gasteiger partial charge in [0, 0.05) is 13.1 Å². The summed E-state index contributed by atoms with van der Waals surface area (Å²) in [5, 5.41) is 0. The summed E-state index contributed by atoms with van der Waals surface area (Å²) in [7, 11) is 2.11. The zero-order valence-electron chi connectivity index (χ0n) is 14.9. The molecule has 0 unspecified atom stereocenters. The fourth-order valence-corrected chi connectivity index (χ4v) is 2.77. The lowest BCUT2D eigenvalue weighted by Gasteiger charge is -2.20. The van der Waals surface area contributed by atoms with E-state index in [-0.39, 0.29) is 0 Å². The second-order valence-corrected chi connectivity index (χ2v) is 6.08. The highest BCUT2D eigenvalue weighted by Gasteiger charge is 2.12. The third-order valence-corrected chi connectivity index (χ3v) is 3.98. The van der Waals surface area contributed by atoms with Gasteiger partial charge in [-0.25, -0.2) is 0 Å². The Balaban J connectivity index is 1.51. The van der Waals surface area contributed by atoms with E-state index in [1.54, 1.807) is 0 Å². The van der Waals surface area contributed by atoms with Crippen LogP contribution in [0.3, 0.4) is 0 Å². The maximum atomic E-state index is 5.64. The topological polar surface area (TPSA) is 30.9 Å². The van der Waals surface area contributed by atoms with Gasteiger partial charge in [0.25, 0.3) is 0 Å². The van der Waals surface area contributed by atoms with Crippen LogP contribution in [-0.2, 0) is 6.54 Å². The fourth-order valence-electron chi connectivity index (χ4n) is 2.77. The van der Waals surface area contributed by atoms with Crippen molar-refractivity contribution in [2.75, 3.05) is 33.4 Å². The quantitative estimate of drug-likeness (QED) is 0.763. The molecule has 4 heteroatoms. The third-order valence-electron chi connectivity index (χ3n) is 3.98. The lowest BCUT2D eigenvalue weighted by atomic mass is 10.1. The Labute approximate surface area is 149 Å². The molecule has 0 atom stereocenters. The van der Waals surface area contributed by atoms with E-state index in [1.165, 1.54) is 11.1 Å².